The van der Waals surface area contributed by atoms with Crippen LogP contribution >= 0.6 is 0 Å². The normalized spacial score (nSPS) is 24.3. The number of carbonyl (C=O) groups is 1. The molecule has 0 unspecified atom stereocenters. The first-order valence-corrected chi connectivity index (χ1v) is 5.73. The summed E-state index contributed by atoms with van der Waals surface area (Å²) in [6.07, 6.45) is 3.44. The monoisotopic (exact) mass is 213 g/mol. The Morgan fingerprint density at radius 3 is 2.73 bits per heavy atom. The number of rotatable bonds is 3. The lowest BCUT2D eigenvalue weighted by atomic mass is 10.0. The van der Waals surface area contributed by atoms with Crippen molar-refractivity contribution >= 4 is 5.91 Å². The zero-order valence-corrected chi connectivity index (χ0v) is 10.1. The molecule has 88 valence electrons. The van der Waals surface area contributed by atoms with Gasteiger partial charge in [0.15, 0.2) is 0 Å². The van der Waals surface area contributed by atoms with Crippen LogP contribution in [0.2, 0.25) is 0 Å². The number of likely N-dealkylation sites (N-methyl/N-ethyl adjacent to an activating group) is 1. The van der Waals surface area contributed by atoms with Crippen molar-refractivity contribution in [3.05, 3.63) is 0 Å². The van der Waals surface area contributed by atoms with Crippen LogP contribution in [0.4, 0.5) is 0 Å². The lowest BCUT2D eigenvalue weighted by Crippen LogP contribution is -2.52. The summed E-state index contributed by atoms with van der Waals surface area (Å²) in [4.78, 5) is 16.0. The van der Waals surface area contributed by atoms with E-state index in [1.165, 1.54) is 6.42 Å². The number of carbonyl (C=O) groups excluding carboxylic acids is 1. The smallest absolute Gasteiger partial charge is 0.239 e. The van der Waals surface area contributed by atoms with Crippen molar-refractivity contribution < 1.29 is 4.79 Å². The molecular formula is C11H23N3O. The van der Waals surface area contributed by atoms with Gasteiger partial charge in [0.25, 0.3) is 0 Å². The molecule has 4 nitrogen and oxygen atoms in total. The Balaban J connectivity index is 2.61. The predicted molar refractivity (Wildman–Crippen MR) is 61.6 cm³/mol. The van der Waals surface area contributed by atoms with Gasteiger partial charge in [0.1, 0.15) is 0 Å². The molecule has 2 N–H and O–H groups in total. The fraction of sp³-hybridized carbons (Fsp3) is 0.909. The number of amides is 1. The molecule has 1 heterocycles. The first-order chi connectivity index (χ1) is 7.02. The maximum absolute atomic E-state index is 11.9. The number of piperidine rings is 1. The van der Waals surface area contributed by atoms with Gasteiger partial charge in [-0.25, -0.2) is 0 Å². The van der Waals surface area contributed by atoms with Crippen LogP contribution < -0.4 is 5.73 Å². The van der Waals surface area contributed by atoms with E-state index in [2.05, 4.69) is 4.90 Å². The highest BCUT2D eigenvalue weighted by molar-refractivity contribution is 5.81. The molecule has 0 spiro atoms. The summed E-state index contributed by atoms with van der Waals surface area (Å²) in [5.41, 5.74) is 5.65. The summed E-state index contributed by atoms with van der Waals surface area (Å²) in [6, 6.07) is -0.0139. The quantitative estimate of drug-likeness (QED) is 0.732. The molecule has 0 aromatic heterocycles. The molecule has 0 bridgehead atoms. The van der Waals surface area contributed by atoms with Crippen molar-refractivity contribution in [3.63, 3.8) is 0 Å². The van der Waals surface area contributed by atoms with E-state index in [9.17, 15) is 4.79 Å². The van der Waals surface area contributed by atoms with E-state index in [-0.39, 0.29) is 11.9 Å². The third-order valence-corrected chi connectivity index (χ3v) is 2.88. The topological polar surface area (TPSA) is 49.6 Å². The Morgan fingerprint density at radius 2 is 2.20 bits per heavy atom. The van der Waals surface area contributed by atoms with Crippen LogP contribution in [0.15, 0.2) is 0 Å². The highest BCUT2D eigenvalue weighted by Gasteiger charge is 2.28. The van der Waals surface area contributed by atoms with Gasteiger partial charge in [-0.15, -0.1) is 0 Å². The van der Waals surface area contributed by atoms with Crippen molar-refractivity contribution in [3.8, 4) is 0 Å². The van der Waals surface area contributed by atoms with Crippen LogP contribution in [0.5, 0.6) is 0 Å². The predicted octanol–water partition coefficient (Wildman–Crippen LogP) is 0.276. The van der Waals surface area contributed by atoms with Gasteiger partial charge < -0.3 is 15.5 Å². The summed E-state index contributed by atoms with van der Waals surface area (Å²) < 4.78 is 0. The highest BCUT2D eigenvalue weighted by atomic mass is 16.2. The number of hydrogen-bond donors (Lipinski definition) is 1. The number of hydrogen-bond acceptors (Lipinski definition) is 3. The number of nitrogens with two attached hydrogens (primary N) is 1. The molecule has 0 aromatic rings. The third kappa shape index (κ3) is 3.47. The zero-order valence-electron chi connectivity index (χ0n) is 10.1. The lowest BCUT2D eigenvalue weighted by molar-refractivity contribution is -0.136. The average Bonchev–Trinajstić information content (AvgIpc) is 2.16. The Hall–Kier alpha value is -0.610. The maximum atomic E-state index is 11.9. The second-order valence-electron chi connectivity index (χ2n) is 4.73. The molecule has 0 saturated carbocycles. The van der Waals surface area contributed by atoms with Crippen molar-refractivity contribution in [1.82, 2.24) is 9.80 Å². The third-order valence-electron chi connectivity index (χ3n) is 2.88. The van der Waals surface area contributed by atoms with Gasteiger partial charge in [-0.2, -0.15) is 0 Å². The van der Waals surface area contributed by atoms with E-state index in [0.717, 1.165) is 25.9 Å². The van der Waals surface area contributed by atoms with Crippen molar-refractivity contribution in [2.45, 2.75) is 38.3 Å². The molecular weight excluding hydrogens is 190 g/mol. The van der Waals surface area contributed by atoms with Crippen molar-refractivity contribution in [2.75, 3.05) is 27.2 Å². The number of nitrogens with zero attached hydrogens (tertiary/aromatic N) is 2. The van der Waals surface area contributed by atoms with Gasteiger partial charge in [0.2, 0.25) is 5.91 Å². The van der Waals surface area contributed by atoms with Gasteiger partial charge in [0.05, 0.1) is 6.04 Å². The van der Waals surface area contributed by atoms with Gasteiger partial charge in [-0.3, -0.25) is 4.79 Å². The summed E-state index contributed by atoms with van der Waals surface area (Å²) in [6.45, 7) is 3.58. The van der Waals surface area contributed by atoms with Crippen LogP contribution in [0.25, 0.3) is 0 Å². The van der Waals surface area contributed by atoms with Gasteiger partial charge in [0, 0.05) is 19.1 Å². The van der Waals surface area contributed by atoms with E-state index >= 15 is 0 Å². The zero-order chi connectivity index (χ0) is 11.4. The van der Waals surface area contributed by atoms with Crippen molar-refractivity contribution in [2.24, 2.45) is 5.73 Å². The van der Waals surface area contributed by atoms with E-state index in [4.69, 9.17) is 5.73 Å². The molecule has 0 aromatic carbocycles. The first kappa shape index (κ1) is 12.5. The van der Waals surface area contributed by atoms with E-state index in [1.807, 2.05) is 19.0 Å². The van der Waals surface area contributed by atoms with E-state index in [0.29, 0.717) is 6.04 Å². The number of likely N-dealkylation sites (tertiary alicyclic amines) is 1. The Morgan fingerprint density at radius 1 is 1.53 bits per heavy atom. The molecule has 1 aliphatic rings. The SMILES string of the molecule is C[C@H](N)C(=O)N1CCCC[C@@H]1CN(C)C. The lowest BCUT2D eigenvalue weighted by Gasteiger charge is -2.38. The molecule has 4 heteroatoms. The molecule has 1 fully saturated rings. The fourth-order valence-corrected chi connectivity index (χ4v) is 2.16. The van der Waals surface area contributed by atoms with E-state index < -0.39 is 0 Å². The van der Waals surface area contributed by atoms with Crippen LogP contribution in [0, 0.1) is 0 Å². The maximum Gasteiger partial charge on any atom is 0.239 e. The van der Waals surface area contributed by atoms with Gasteiger partial charge in [-0.05, 0) is 40.3 Å². The molecule has 0 aliphatic carbocycles. The highest BCUT2D eigenvalue weighted by Crippen LogP contribution is 2.18. The van der Waals surface area contributed by atoms with Crippen LogP contribution in [0.1, 0.15) is 26.2 Å². The summed E-state index contributed by atoms with van der Waals surface area (Å²) >= 11 is 0. The Labute approximate surface area is 92.4 Å². The van der Waals surface area contributed by atoms with Crippen LogP contribution in [-0.2, 0) is 4.79 Å². The first-order valence-electron chi connectivity index (χ1n) is 5.73. The largest absolute Gasteiger partial charge is 0.337 e. The summed E-state index contributed by atoms with van der Waals surface area (Å²) in [5.74, 6) is 0.0987. The average molecular weight is 213 g/mol. The van der Waals surface area contributed by atoms with Crippen LogP contribution in [-0.4, -0.2) is 55.0 Å². The molecule has 1 rings (SSSR count). The van der Waals surface area contributed by atoms with Gasteiger partial charge in [-0.1, -0.05) is 0 Å². The van der Waals surface area contributed by atoms with Crippen molar-refractivity contribution in [1.29, 1.82) is 0 Å². The minimum Gasteiger partial charge on any atom is -0.337 e. The summed E-state index contributed by atoms with van der Waals surface area (Å²) in [7, 11) is 4.09. The molecule has 1 saturated heterocycles. The fourth-order valence-electron chi connectivity index (χ4n) is 2.16. The molecule has 1 aliphatic heterocycles. The standard InChI is InChI=1S/C11H23N3O/c1-9(12)11(15)14-7-5-4-6-10(14)8-13(2)3/h9-10H,4-8,12H2,1-3H3/t9-,10+/m0/s1. The molecule has 1 amide bonds. The van der Waals surface area contributed by atoms with E-state index in [1.54, 1.807) is 6.92 Å². The molecule has 0 radical (unpaired) electrons. The Kier molecular flexibility index (Phi) is 4.54. The second-order valence-corrected chi connectivity index (χ2v) is 4.73. The molecule has 15 heavy (non-hydrogen) atoms. The summed E-state index contributed by atoms with van der Waals surface area (Å²) in [5, 5.41) is 0. The Bertz CT molecular complexity index is 216. The minimum atomic E-state index is -0.368. The van der Waals surface area contributed by atoms with Crippen LogP contribution in [0.3, 0.4) is 0 Å². The molecule has 2 atom stereocenters. The van der Waals surface area contributed by atoms with Gasteiger partial charge >= 0.3 is 0 Å². The second kappa shape index (κ2) is 5.47. The minimum absolute atomic E-state index is 0.0987.